The van der Waals surface area contributed by atoms with E-state index in [1.807, 2.05) is 26.0 Å². The Morgan fingerprint density at radius 3 is 1.81 bits per heavy atom. The van der Waals surface area contributed by atoms with Crippen molar-refractivity contribution in [1.29, 1.82) is 0 Å². The Labute approximate surface area is 209 Å². The molecule has 0 radical (unpaired) electrons. The van der Waals surface area contributed by atoms with Crippen molar-refractivity contribution in [2.75, 3.05) is 0 Å². The minimum Gasteiger partial charge on any atom is -0.507 e. The van der Waals surface area contributed by atoms with E-state index in [1.54, 1.807) is 60.8 Å². The number of hydrogen-bond donors (Lipinski definition) is 2. The summed E-state index contributed by atoms with van der Waals surface area (Å²) in [5.41, 5.74) is 1.21. The first-order chi connectivity index (χ1) is 17.8. The Kier molecular flexibility index (Phi) is 5.08. The van der Waals surface area contributed by atoms with Gasteiger partial charge in [-0.15, -0.1) is 0 Å². The van der Waals surface area contributed by atoms with Crippen molar-refractivity contribution < 1.29 is 19.0 Å². The van der Waals surface area contributed by atoms with Gasteiger partial charge in [0, 0.05) is 11.6 Å². The molecule has 0 spiro atoms. The van der Waals surface area contributed by atoms with Gasteiger partial charge in [0.25, 0.3) is 0 Å². The molecule has 0 fully saturated rings. The van der Waals surface area contributed by atoms with E-state index in [1.165, 1.54) is 0 Å². The lowest BCUT2D eigenvalue weighted by Crippen LogP contribution is -2.21. The molecule has 0 bridgehead atoms. The Bertz CT molecular complexity index is 1880. The average molecular weight is 491 g/mol. The number of aromatic nitrogens is 1. The van der Waals surface area contributed by atoms with Crippen LogP contribution in [0.1, 0.15) is 33.7 Å². The molecule has 6 rings (SSSR count). The number of hydrogen-bond acceptors (Lipinski definition) is 7. The fourth-order valence-corrected chi connectivity index (χ4v) is 4.95. The van der Waals surface area contributed by atoms with Gasteiger partial charge in [-0.05, 0) is 66.9 Å². The predicted molar refractivity (Wildman–Crippen MR) is 140 cm³/mol. The highest BCUT2D eigenvalue weighted by molar-refractivity contribution is 5.89. The molecule has 0 aliphatic heterocycles. The molecule has 3 aromatic heterocycles. The van der Waals surface area contributed by atoms with Gasteiger partial charge in [-0.3, -0.25) is 4.98 Å². The third kappa shape index (κ3) is 3.55. The van der Waals surface area contributed by atoms with Gasteiger partial charge >= 0.3 is 11.3 Å². The van der Waals surface area contributed by atoms with Crippen LogP contribution in [0.15, 0.2) is 91.4 Å². The normalized spacial score (nSPS) is 11.6. The van der Waals surface area contributed by atoms with Crippen LogP contribution in [-0.4, -0.2) is 15.2 Å². The van der Waals surface area contributed by atoms with Crippen molar-refractivity contribution in [3.05, 3.63) is 122 Å². The van der Waals surface area contributed by atoms with Crippen LogP contribution < -0.4 is 11.3 Å². The summed E-state index contributed by atoms with van der Waals surface area (Å²) in [6.07, 6.45) is 1.55. The molecule has 7 heteroatoms. The molecule has 0 saturated heterocycles. The molecule has 37 heavy (non-hydrogen) atoms. The van der Waals surface area contributed by atoms with E-state index in [-0.39, 0.29) is 33.8 Å². The number of nitrogens with zero attached hydrogens (tertiary/aromatic N) is 1. The highest BCUT2D eigenvalue weighted by atomic mass is 16.4. The first-order valence-electron chi connectivity index (χ1n) is 11.7. The molecule has 0 saturated carbocycles. The number of para-hydroxylation sites is 1. The van der Waals surface area contributed by atoms with Gasteiger partial charge < -0.3 is 19.0 Å². The molecule has 0 aliphatic rings. The molecule has 7 nitrogen and oxygen atoms in total. The predicted octanol–water partition coefficient (Wildman–Crippen LogP) is 5.66. The van der Waals surface area contributed by atoms with Gasteiger partial charge in [-0.1, -0.05) is 30.3 Å². The van der Waals surface area contributed by atoms with Gasteiger partial charge in [0.05, 0.1) is 33.3 Å². The monoisotopic (exact) mass is 491 g/mol. The van der Waals surface area contributed by atoms with E-state index in [0.717, 1.165) is 11.1 Å². The fourth-order valence-electron chi connectivity index (χ4n) is 4.95. The topological polar surface area (TPSA) is 114 Å². The van der Waals surface area contributed by atoms with Crippen LogP contribution in [-0.2, 0) is 0 Å². The van der Waals surface area contributed by atoms with Crippen molar-refractivity contribution in [1.82, 2.24) is 4.98 Å². The highest BCUT2D eigenvalue weighted by Gasteiger charge is 2.33. The van der Waals surface area contributed by atoms with E-state index in [2.05, 4.69) is 4.98 Å². The number of pyridine rings is 1. The Morgan fingerprint density at radius 1 is 0.703 bits per heavy atom. The average Bonchev–Trinajstić information content (AvgIpc) is 2.87. The maximum absolute atomic E-state index is 13.5. The molecule has 6 aromatic rings. The molecule has 0 unspecified atom stereocenters. The van der Waals surface area contributed by atoms with Crippen LogP contribution in [0.5, 0.6) is 11.5 Å². The summed E-state index contributed by atoms with van der Waals surface area (Å²) >= 11 is 0. The number of benzene rings is 3. The molecule has 0 atom stereocenters. The zero-order chi connectivity index (χ0) is 25.8. The summed E-state index contributed by atoms with van der Waals surface area (Å²) in [6, 6.07) is 19.1. The fraction of sp³-hybridized carbons (Fsp3) is 0.100. The van der Waals surface area contributed by atoms with Crippen LogP contribution >= 0.6 is 0 Å². The van der Waals surface area contributed by atoms with E-state index < -0.39 is 17.2 Å². The molecule has 0 amide bonds. The molecular formula is C30H21NO6. The van der Waals surface area contributed by atoms with E-state index in [4.69, 9.17) is 8.83 Å². The van der Waals surface area contributed by atoms with Crippen LogP contribution in [0.2, 0.25) is 0 Å². The summed E-state index contributed by atoms with van der Waals surface area (Å²) in [6.45, 7) is 3.69. The second-order valence-corrected chi connectivity index (χ2v) is 9.15. The standard InChI is InChI=1S/C30H21NO6/c1-15-7-9-19-22(13-15)36-29(34)25(27(19)32)24(18-11-12-31-21-6-4-3-5-17(18)21)26-28(33)20-10-8-16(2)14-23(20)37-30(26)35/h3-14,24,32-33H,1-2H3. The van der Waals surface area contributed by atoms with Crippen LogP contribution in [0.25, 0.3) is 32.8 Å². The first kappa shape index (κ1) is 22.5. The van der Waals surface area contributed by atoms with Crippen molar-refractivity contribution in [2.24, 2.45) is 0 Å². The highest BCUT2D eigenvalue weighted by Crippen LogP contribution is 2.43. The summed E-state index contributed by atoms with van der Waals surface area (Å²) in [5, 5.41) is 24.1. The van der Waals surface area contributed by atoms with Crippen molar-refractivity contribution in [3.8, 4) is 11.5 Å². The third-order valence-corrected chi connectivity index (χ3v) is 6.71. The quantitative estimate of drug-likeness (QED) is 0.307. The smallest absolute Gasteiger partial charge is 0.344 e. The number of aryl methyl sites for hydroxylation is 2. The molecule has 0 aliphatic carbocycles. The summed E-state index contributed by atoms with van der Waals surface area (Å²) in [4.78, 5) is 31.3. The zero-order valence-electron chi connectivity index (χ0n) is 20.0. The molecule has 3 heterocycles. The van der Waals surface area contributed by atoms with Crippen LogP contribution in [0, 0.1) is 13.8 Å². The lowest BCUT2D eigenvalue weighted by atomic mass is 9.83. The Hall–Kier alpha value is -4.91. The van der Waals surface area contributed by atoms with Gasteiger partial charge in [-0.2, -0.15) is 0 Å². The second kappa shape index (κ2) is 8.34. The van der Waals surface area contributed by atoms with E-state index in [9.17, 15) is 19.8 Å². The Balaban J connectivity index is 1.78. The van der Waals surface area contributed by atoms with E-state index >= 15 is 0 Å². The maximum Gasteiger partial charge on any atom is 0.344 e. The summed E-state index contributed by atoms with van der Waals surface area (Å²) in [5.74, 6) is -1.88. The van der Waals surface area contributed by atoms with Crippen LogP contribution in [0.4, 0.5) is 0 Å². The SMILES string of the molecule is Cc1ccc2c(O)c(C(c3c(O)c4ccc(C)cc4oc3=O)c3ccnc4ccccc34)c(=O)oc2c1. The second-order valence-electron chi connectivity index (χ2n) is 9.15. The van der Waals surface area contributed by atoms with Gasteiger partial charge in [0.1, 0.15) is 22.7 Å². The minimum atomic E-state index is -1.21. The largest absolute Gasteiger partial charge is 0.507 e. The molecule has 2 N–H and O–H groups in total. The summed E-state index contributed by atoms with van der Waals surface area (Å²) in [7, 11) is 0. The molecule has 182 valence electrons. The van der Waals surface area contributed by atoms with Crippen molar-refractivity contribution in [2.45, 2.75) is 19.8 Å². The molecule has 3 aromatic carbocycles. The lowest BCUT2D eigenvalue weighted by Gasteiger charge is -2.21. The Morgan fingerprint density at radius 2 is 1.24 bits per heavy atom. The van der Waals surface area contributed by atoms with E-state index in [0.29, 0.717) is 27.2 Å². The number of rotatable bonds is 3. The van der Waals surface area contributed by atoms with Crippen molar-refractivity contribution >= 4 is 32.8 Å². The third-order valence-electron chi connectivity index (χ3n) is 6.71. The van der Waals surface area contributed by atoms with Gasteiger partial charge in [0.15, 0.2) is 0 Å². The first-order valence-corrected chi connectivity index (χ1v) is 11.7. The lowest BCUT2D eigenvalue weighted by molar-refractivity contribution is 0.442. The molecular weight excluding hydrogens is 470 g/mol. The minimum absolute atomic E-state index is 0.179. The summed E-state index contributed by atoms with van der Waals surface area (Å²) < 4.78 is 11.3. The van der Waals surface area contributed by atoms with Gasteiger partial charge in [0.2, 0.25) is 0 Å². The van der Waals surface area contributed by atoms with Gasteiger partial charge in [-0.25, -0.2) is 9.59 Å². The number of fused-ring (bicyclic) bond motifs is 3. The van der Waals surface area contributed by atoms with Crippen molar-refractivity contribution in [3.63, 3.8) is 0 Å². The maximum atomic E-state index is 13.5. The zero-order valence-corrected chi connectivity index (χ0v) is 20.0. The number of aromatic hydroxyl groups is 2. The van der Waals surface area contributed by atoms with Crippen LogP contribution in [0.3, 0.4) is 0 Å².